The van der Waals surface area contributed by atoms with Crippen molar-refractivity contribution in [1.29, 1.82) is 0 Å². The van der Waals surface area contributed by atoms with Gasteiger partial charge in [0.15, 0.2) is 0 Å². The van der Waals surface area contributed by atoms with E-state index in [2.05, 4.69) is 21.0 Å². The van der Waals surface area contributed by atoms with Crippen molar-refractivity contribution < 1.29 is 4.79 Å². The molecule has 1 atom stereocenters. The summed E-state index contributed by atoms with van der Waals surface area (Å²) in [4.78, 5) is 32.6. The summed E-state index contributed by atoms with van der Waals surface area (Å²) in [7, 11) is 0. The lowest BCUT2D eigenvalue weighted by Gasteiger charge is -2.23. The smallest absolute Gasteiger partial charge is 0.263 e. The number of hydrazone groups is 1. The molecule has 1 aliphatic heterocycles. The van der Waals surface area contributed by atoms with Crippen molar-refractivity contribution in [2.75, 3.05) is 0 Å². The van der Waals surface area contributed by atoms with Crippen molar-refractivity contribution >= 4 is 27.5 Å². The maximum atomic E-state index is 14.0. The molecule has 198 valence electrons. The van der Waals surface area contributed by atoms with Crippen molar-refractivity contribution in [1.82, 2.24) is 24.3 Å². The Labute approximate surface area is 235 Å². The third kappa shape index (κ3) is 4.76. The van der Waals surface area contributed by atoms with E-state index in [-0.39, 0.29) is 24.1 Å². The van der Waals surface area contributed by atoms with Gasteiger partial charge in [-0.15, -0.1) is 0 Å². The van der Waals surface area contributed by atoms with E-state index in [0.29, 0.717) is 24.4 Å². The highest BCUT2D eigenvalue weighted by Gasteiger charge is 2.34. The Morgan fingerprint density at radius 2 is 1.77 bits per heavy atom. The molecule has 4 aromatic rings. The van der Waals surface area contributed by atoms with Crippen LogP contribution in [0.15, 0.2) is 69.0 Å². The standard InChI is InChI=1S/C30H29BrN6O2/c1-18-7-9-22(10-8-18)27-16-26(21-11-13-23(31)14-12-21)34-37(27)28(38)17-35-29(39)24-5-4-6-25(24)32-30(35)36-20(3)15-19(2)33-36/h7-15,27H,4-6,16-17H2,1-3H3. The number of rotatable bonds is 5. The first kappa shape index (κ1) is 25.4. The molecule has 0 saturated carbocycles. The van der Waals surface area contributed by atoms with Gasteiger partial charge in [0.2, 0.25) is 5.95 Å². The van der Waals surface area contributed by atoms with E-state index in [9.17, 15) is 9.59 Å². The molecule has 1 aliphatic carbocycles. The van der Waals surface area contributed by atoms with E-state index >= 15 is 0 Å². The van der Waals surface area contributed by atoms with Crippen LogP contribution in [0, 0.1) is 20.8 Å². The molecule has 39 heavy (non-hydrogen) atoms. The number of hydrogen-bond acceptors (Lipinski definition) is 5. The van der Waals surface area contributed by atoms with Crippen LogP contribution in [0.1, 0.15) is 58.2 Å². The Hall–Kier alpha value is -3.85. The molecule has 0 radical (unpaired) electrons. The summed E-state index contributed by atoms with van der Waals surface area (Å²) in [5.41, 5.74) is 6.96. The summed E-state index contributed by atoms with van der Waals surface area (Å²) in [5, 5.41) is 10.9. The Balaban J connectivity index is 1.42. The maximum absolute atomic E-state index is 14.0. The van der Waals surface area contributed by atoms with Gasteiger partial charge in [0.05, 0.1) is 23.1 Å². The third-order valence-electron chi connectivity index (χ3n) is 7.47. The summed E-state index contributed by atoms with van der Waals surface area (Å²) < 4.78 is 4.12. The number of aryl methyl sites for hydroxylation is 4. The zero-order valence-electron chi connectivity index (χ0n) is 22.2. The fourth-order valence-corrected chi connectivity index (χ4v) is 5.73. The van der Waals surface area contributed by atoms with Gasteiger partial charge in [-0.05, 0) is 69.4 Å². The van der Waals surface area contributed by atoms with E-state index in [1.165, 1.54) is 4.57 Å². The number of amides is 1. The summed E-state index contributed by atoms with van der Waals surface area (Å²) in [6.07, 6.45) is 2.90. The maximum Gasteiger partial charge on any atom is 0.263 e. The van der Waals surface area contributed by atoms with Crippen molar-refractivity contribution in [3.63, 3.8) is 0 Å². The van der Waals surface area contributed by atoms with Crippen molar-refractivity contribution in [3.05, 3.63) is 109 Å². The molecule has 0 N–H and O–H groups in total. The van der Waals surface area contributed by atoms with Gasteiger partial charge in [-0.2, -0.15) is 10.2 Å². The second-order valence-corrected chi connectivity index (χ2v) is 11.3. The minimum Gasteiger partial charge on any atom is -0.271 e. The quantitative estimate of drug-likeness (QED) is 0.331. The molecule has 9 heteroatoms. The lowest BCUT2D eigenvalue weighted by molar-refractivity contribution is -0.133. The second-order valence-electron chi connectivity index (χ2n) is 10.3. The molecule has 0 fully saturated rings. The first-order chi connectivity index (χ1) is 18.8. The Morgan fingerprint density at radius 3 is 2.46 bits per heavy atom. The average molecular weight is 586 g/mol. The molecule has 1 amide bonds. The van der Waals surface area contributed by atoms with Crippen LogP contribution in [-0.2, 0) is 24.2 Å². The summed E-state index contributed by atoms with van der Waals surface area (Å²) in [5.74, 6) is 0.111. The number of hydrogen-bond donors (Lipinski definition) is 0. The predicted octanol–water partition coefficient (Wildman–Crippen LogP) is 4.98. The van der Waals surface area contributed by atoms with E-state index in [1.54, 1.807) is 9.69 Å². The van der Waals surface area contributed by atoms with Gasteiger partial charge >= 0.3 is 0 Å². The fraction of sp³-hybridized carbons (Fsp3) is 0.300. The van der Waals surface area contributed by atoms with Crippen LogP contribution in [0.5, 0.6) is 0 Å². The zero-order valence-corrected chi connectivity index (χ0v) is 23.8. The first-order valence-electron chi connectivity index (χ1n) is 13.2. The van der Waals surface area contributed by atoms with Crippen LogP contribution in [0.3, 0.4) is 0 Å². The van der Waals surface area contributed by atoms with Crippen LogP contribution in [-0.4, -0.2) is 36.0 Å². The molecule has 1 unspecified atom stereocenters. The first-order valence-corrected chi connectivity index (χ1v) is 14.0. The number of benzene rings is 2. The molecule has 2 aromatic heterocycles. The van der Waals surface area contributed by atoms with E-state index in [1.807, 2.05) is 75.4 Å². The molecular formula is C30H29BrN6O2. The molecule has 6 rings (SSSR count). The van der Waals surface area contributed by atoms with Gasteiger partial charge in [-0.1, -0.05) is 57.9 Å². The topological polar surface area (TPSA) is 85.4 Å². The number of halogens is 1. The lowest BCUT2D eigenvalue weighted by atomic mass is 9.98. The van der Waals surface area contributed by atoms with E-state index < -0.39 is 0 Å². The van der Waals surface area contributed by atoms with Crippen molar-refractivity contribution in [2.45, 2.75) is 59.0 Å². The molecule has 0 saturated heterocycles. The molecule has 8 nitrogen and oxygen atoms in total. The molecule has 0 spiro atoms. The van der Waals surface area contributed by atoms with Crippen LogP contribution in [0.2, 0.25) is 0 Å². The summed E-state index contributed by atoms with van der Waals surface area (Å²) in [6.45, 7) is 5.69. The number of aromatic nitrogens is 4. The van der Waals surface area contributed by atoms with Crippen LogP contribution in [0.4, 0.5) is 0 Å². The zero-order chi connectivity index (χ0) is 27.3. The summed E-state index contributed by atoms with van der Waals surface area (Å²) in [6, 6.07) is 17.8. The molecule has 2 aliphatic rings. The highest BCUT2D eigenvalue weighted by molar-refractivity contribution is 9.10. The molecule has 2 aromatic carbocycles. The van der Waals surface area contributed by atoms with Gasteiger partial charge in [0, 0.05) is 22.2 Å². The van der Waals surface area contributed by atoms with Crippen molar-refractivity contribution in [3.8, 4) is 5.95 Å². The normalized spacial score (nSPS) is 16.5. The Morgan fingerprint density at radius 1 is 1.03 bits per heavy atom. The predicted molar refractivity (Wildman–Crippen MR) is 153 cm³/mol. The molecule has 0 bridgehead atoms. The van der Waals surface area contributed by atoms with Gasteiger partial charge in [0.25, 0.3) is 11.5 Å². The van der Waals surface area contributed by atoms with Crippen molar-refractivity contribution in [2.24, 2.45) is 5.10 Å². The number of nitrogens with zero attached hydrogens (tertiary/aromatic N) is 6. The number of carbonyl (C=O) groups excluding carboxylic acids is 1. The molecular weight excluding hydrogens is 556 g/mol. The number of carbonyl (C=O) groups is 1. The van der Waals surface area contributed by atoms with Crippen LogP contribution in [0.25, 0.3) is 5.95 Å². The SMILES string of the molecule is Cc1ccc(C2CC(c3ccc(Br)cc3)=NN2C(=O)Cn2c(-n3nc(C)cc3C)nc3c(c2=O)CCC3)cc1. The minimum absolute atomic E-state index is 0.170. The largest absolute Gasteiger partial charge is 0.271 e. The number of fused-ring (bicyclic) bond motifs is 1. The van der Waals surface area contributed by atoms with Gasteiger partial charge < -0.3 is 0 Å². The fourth-order valence-electron chi connectivity index (χ4n) is 5.46. The summed E-state index contributed by atoms with van der Waals surface area (Å²) >= 11 is 3.49. The monoisotopic (exact) mass is 584 g/mol. The third-order valence-corrected chi connectivity index (χ3v) is 7.99. The Kier molecular flexibility index (Phi) is 6.54. The van der Waals surface area contributed by atoms with Gasteiger partial charge in [-0.25, -0.2) is 14.7 Å². The molecule has 3 heterocycles. The second kappa shape index (κ2) is 10.0. The highest BCUT2D eigenvalue weighted by Crippen LogP contribution is 2.33. The van der Waals surface area contributed by atoms with E-state index in [4.69, 9.17) is 10.1 Å². The minimum atomic E-state index is -0.271. The average Bonchev–Trinajstić information content (AvgIpc) is 3.65. The van der Waals surface area contributed by atoms with E-state index in [0.717, 1.165) is 56.8 Å². The van der Waals surface area contributed by atoms with Gasteiger partial charge in [-0.3, -0.25) is 14.2 Å². The van der Waals surface area contributed by atoms with Crippen LogP contribution >= 0.6 is 15.9 Å². The van der Waals surface area contributed by atoms with Crippen LogP contribution < -0.4 is 5.56 Å². The lowest BCUT2D eigenvalue weighted by Crippen LogP contribution is -2.37. The Bertz CT molecular complexity index is 1670. The highest BCUT2D eigenvalue weighted by atomic mass is 79.9. The van der Waals surface area contributed by atoms with Gasteiger partial charge in [0.1, 0.15) is 6.54 Å².